The summed E-state index contributed by atoms with van der Waals surface area (Å²) in [5.74, 6) is 0.223. The van der Waals surface area contributed by atoms with Gasteiger partial charge in [-0.15, -0.1) is 0 Å². The average molecular weight is 391 g/mol. The van der Waals surface area contributed by atoms with E-state index in [-0.39, 0.29) is 18.1 Å². The lowest BCUT2D eigenvalue weighted by Crippen LogP contribution is -2.34. The maximum atomic E-state index is 12.7. The molecule has 3 rings (SSSR count). The Labute approximate surface area is 160 Å². The van der Waals surface area contributed by atoms with E-state index >= 15 is 0 Å². The molecule has 0 fully saturated rings. The van der Waals surface area contributed by atoms with Crippen molar-refractivity contribution in [2.24, 2.45) is 0 Å². The maximum Gasteiger partial charge on any atom is 0.224 e. The lowest BCUT2D eigenvalue weighted by Gasteiger charge is -2.21. The van der Waals surface area contributed by atoms with Crippen LogP contribution in [0.4, 0.5) is 0 Å². The van der Waals surface area contributed by atoms with Gasteiger partial charge in [0.1, 0.15) is 5.76 Å². The zero-order valence-corrected chi connectivity index (χ0v) is 16.3. The number of carbonyl (C=O) groups excluding carboxylic acids is 1. The normalized spacial score (nSPS) is 13.5. The number of benzene rings is 1. The van der Waals surface area contributed by atoms with Crippen molar-refractivity contribution in [1.29, 1.82) is 0 Å². The van der Waals surface area contributed by atoms with Gasteiger partial charge < -0.3 is 14.1 Å². The van der Waals surface area contributed by atoms with Gasteiger partial charge in [-0.3, -0.25) is 4.79 Å². The molecule has 0 saturated heterocycles. The highest BCUT2D eigenvalue weighted by molar-refractivity contribution is 7.91. The van der Waals surface area contributed by atoms with Gasteiger partial charge >= 0.3 is 0 Å². The Morgan fingerprint density at radius 3 is 2.78 bits per heavy atom. The molecule has 1 aromatic carbocycles. The van der Waals surface area contributed by atoms with E-state index in [1.165, 1.54) is 5.56 Å². The molecule has 0 N–H and O–H groups in total. The summed E-state index contributed by atoms with van der Waals surface area (Å²) in [6.45, 7) is 1.06. The molecule has 0 aliphatic heterocycles. The fourth-order valence-electron chi connectivity index (χ4n) is 3.32. The summed E-state index contributed by atoms with van der Waals surface area (Å²) in [5.41, 5.74) is 2.34. The predicted octanol–water partition coefficient (Wildman–Crippen LogP) is 2.61. The number of hydrogen-bond donors (Lipinski definition) is 0. The monoisotopic (exact) mass is 391 g/mol. The second-order valence-corrected chi connectivity index (χ2v) is 8.85. The van der Waals surface area contributed by atoms with Gasteiger partial charge in [-0.1, -0.05) is 6.07 Å². The molecule has 0 radical (unpaired) electrons. The van der Waals surface area contributed by atoms with Gasteiger partial charge in [0.15, 0.2) is 9.84 Å². The van der Waals surface area contributed by atoms with Gasteiger partial charge in [-0.05, 0) is 54.7 Å². The maximum absolute atomic E-state index is 12.7. The molecular weight excluding hydrogens is 366 g/mol. The van der Waals surface area contributed by atoms with Gasteiger partial charge in [-0.2, -0.15) is 0 Å². The van der Waals surface area contributed by atoms with Crippen LogP contribution < -0.4 is 0 Å². The van der Waals surface area contributed by atoms with Gasteiger partial charge in [0.25, 0.3) is 0 Å². The Balaban J connectivity index is 1.64. The van der Waals surface area contributed by atoms with Crippen molar-refractivity contribution in [3.8, 4) is 0 Å². The zero-order chi connectivity index (χ0) is 19.3. The Morgan fingerprint density at radius 2 is 2.04 bits per heavy atom. The third-order valence-electron chi connectivity index (χ3n) is 4.86. The first-order chi connectivity index (χ1) is 13.0. The highest BCUT2D eigenvalue weighted by Crippen LogP contribution is 2.25. The number of aryl methyl sites for hydroxylation is 2. The molecule has 0 spiro atoms. The first-order valence-electron chi connectivity index (χ1n) is 9.13. The van der Waals surface area contributed by atoms with Crippen LogP contribution in [-0.4, -0.2) is 45.2 Å². The highest BCUT2D eigenvalue weighted by atomic mass is 32.2. The van der Waals surface area contributed by atoms with Crippen LogP contribution in [0.3, 0.4) is 0 Å². The Morgan fingerprint density at radius 1 is 1.22 bits per heavy atom. The van der Waals surface area contributed by atoms with Gasteiger partial charge in [0, 0.05) is 20.1 Å². The van der Waals surface area contributed by atoms with Crippen molar-refractivity contribution < 1.29 is 22.4 Å². The van der Waals surface area contributed by atoms with Crippen LogP contribution in [0.1, 0.15) is 29.7 Å². The first kappa shape index (κ1) is 19.6. The van der Waals surface area contributed by atoms with Crippen molar-refractivity contribution in [3.63, 3.8) is 0 Å². The summed E-state index contributed by atoms with van der Waals surface area (Å²) >= 11 is 0. The molecule has 146 valence electrons. The number of furan rings is 1. The third kappa shape index (κ3) is 4.99. The first-order valence-corrected chi connectivity index (χ1v) is 10.8. The minimum Gasteiger partial charge on any atom is -0.467 e. The minimum atomic E-state index is -3.50. The van der Waals surface area contributed by atoms with Crippen LogP contribution >= 0.6 is 0 Å². The van der Waals surface area contributed by atoms with Crippen LogP contribution in [0.5, 0.6) is 0 Å². The average Bonchev–Trinajstić information content (AvgIpc) is 3.34. The van der Waals surface area contributed by atoms with Crippen LogP contribution in [0.15, 0.2) is 45.9 Å². The van der Waals surface area contributed by atoms with E-state index in [2.05, 4.69) is 0 Å². The molecule has 1 heterocycles. The molecule has 1 aliphatic carbocycles. The van der Waals surface area contributed by atoms with E-state index in [1.54, 1.807) is 42.5 Å². The van der Waals surface area contributed by atoms with E-state index in [0.717, 1.165) is 24.8 Å². The molecule has 1 aromatic heterocycles. The lowest BCUT2D eigenvalue weighted by molar-refractivity contribution is -0.132. The molecule has 0 unspecified atom stereocenters. The number of sulfone groups is 1. The van der Waals surface area contributed by atoms with E-state index in [1.807, 2.05) is 6.07 Å². The second-order valence-electron chi connectivity index (χ2n) is 6.74. The highest BCUT2D eigenvalue weighted by Gasteiger charge is 2.22. The molecule has 2 aromatic rings. The number of rotatable bonds is 9. The lowest BCUT2D eigenvalue weighted by atomic mass is 10.1. The van der Waals surface area contributed by atoms with Gasteiger partial charge in [0.2, 0.25) is 5.91 Å². The molecule has 6 nitrogen and oxygen atoms in total. The second kappa shape index (κ2) is 8.71. The number of methoxy groups -OCH3 is 1. The number of amides is 1. The zero-order valence-electron chi connectivity index (χ0n) is 15.5. The molecule has 0 saturated carbocycles. The summed E-state index contributed by atoms with van der Waals surface area (Å²) in [7, 11) is -1.93. The fourth-order valence-corrected chi connectivity index (χ4v) is 4.60. The molecule has 1 amide bonds. The molecule has 27 heavy (non-hydrogen) atoms. The minimum absolute atomic E-state index is 0.0656. The predicted molar refractivity (Wildman–Crippen MR) is 101 cm³/mol. The van der Waals surface area contributed by atoms with E-state index < -0.39 is 9.84 Å². The van der Waals surface area contributed by atoms with Gasteiger partial charge in [-0.25, -0.2) is 8.42 Å². The van der Waals surface area contributed by atoms with E-state index in [4.69, 9.17) is 9.15 Å². The van der Waals surface area contributed by atoms with Crippen LogP contribution in [0, 0.1) is 0 Å². The quantitative estimate of drug-likeness (QED) is 0.657. The molecule has 7 heteroatoms. The van der Waals surface area contributed by atoms with E-state index in [0.29, 0.717) is 30.4 Å². The largest absolute Gasteiger partial charge is 0.467 e. The van der Waals surface area contributed by atoms with Crippen molar-refractivity contribution in [3.05, 3.63) is 53.5 Å². The fraction of sp³-hybridized carbons (Fsp3) is 0.450. The number of nitrogens with zero attached hydrogens (tertiary/aromatic N) is 1. The summed E-state index contributed by atoms with van der Waals surface area (Å²) in [6, 6.07) is 8.88. The Bertz CT molecular complexity index is 874. The third-order valence-corrected chi connectivity index (χ3v) is 6.57. The molecule has 0 atom stereocenters. The summed E-state index contributed by atoms with van der Waals surface area (Å²) in [4.78, 5) is 14.5. The van der Waals surface area contributed by atoms with E-state index in [9.17, 15) is 13.2 Å². The molecule has 1 aliphatic rings. The van der Waals surface area contributed by atoms with Crippen LogP contribution in [0.25, 0.3) is 0 Å². The SMILES string of the molecule is COCCN(Cc1ccco1)C(=O)CCS(=O)(=O)c1ccc2c(c1)CCC2. The van der Waals surface area contributed by atoms with Crippen LogP contribution in [0.2, 0.25) is 0 Å². The number of ether oxygens (including phenoxy) is 1. The molecule has 0 bridgehead atoms. The van der Waals surface area contributed by atoms with Gasteiger partial charge in [0.05, 0.1) is 30.1 Å². The van der Waals surface area contributed by atoms with Crippen molar-refractivity contribution >= 4 is 15.7 Å². The number of carbonyl (C=O) groups is 1. The van der Waals surface area contributed by atoms with Crippen molar-refractivity contribution in [2.75, 3.05) is 26.0 Å². The Kier molecular flexibility index (Phi) is 6.34. The summed E-state index contributed by atoms with van der Waals surface area (Å²) < 4.78 is 35.7. The number of hydrogen-bond acceptors (Lipinski definition) is 5. The Hall–Kier alpha value is -2.12. The smallest absolute Gasteiger partial charge is 0.224 e. The summed E-state index contributed by atoms with van der Waals surface area (Å²) in [6.07, 6.45) is 4.48. The topological polar surface area (TPSA) is 76.8 Å². The number of fused-ring (bicyclic) bond motifs is 1. The van der Waals surface area contributed by atoms with Crippen molar-refractivity contribution in [2.45, 2.75) is 37.1 Å². The standard InChI is InChI=1S/C20H25NO5S/c1-25-12-10-21(15-18-6-3-11-26-18)20(22)9-13-27(23,24)19-8-7-16-4-2-5-17(16)14-19/h3,6-8,11,14H,2,4-5,9-10,12-13,15H2,1H3. The van der Waals surface area contributed by atoms with Crippen LogP contribution in [-0.2, 0) is 38.8 Å². The summed E-state index contributed by atoms with van der Waals surface area (Å²) in [5, 5.41) is 0. The van der Waals surface area contributed by atoms with Crippen molar-refractivity contribution in [1.82, 2.24) is 4.90 Å². The molecular formula is C20H25NO5S.